The lowest BCUT2D eigenvalue weighted by atomic mass is 9.97. The van der Waals surface area contributed by atoms with E-state index < -0.39 is 136 Å². The van der Waals surface area contributed by atoms with Gasteiger partial charge in [-0.3, -0.25) is 0 Å². The second kappa shape index (κ2) is 18.3. The first-order valence-electron chi connectivity index (χ1n) is 17.8. The summed E-state index contributed by atoms with van der Waals surface area (Å²) in [5, 5.41) is 60.6. The van der Waals surface area contributed by atoms with E-state index in [0.717, 1.165) is 0 Å². The number of ether oxygens (including phenoxy) is 12. The molecule has 5 aliphatic rings. The number of aliphatic hydroxyl groups excluding tert-OH is 6. The average Bonchev–Trinajstić information content (AvgIpc) is 3.09. The second-order valence-corrected chi connectivity index (χ2v) is 14.0. The lowest BCUT2D eigenvalue weighted by molar-refractivity contribution is -0.358. The molecule has 5 heterocycles. The highest BCUT2D eigenvalue weighted by molar-refractivity contribution is 4.93. The minimum absolute atomic E-state index is 0.0403. The molecule has 0 bridgehead atoms. The van der Waals surface area contributed by atoms with Crippen LogP contribution in [0.5, 0.6) is 0 Å². The first-order valence-corrected chi connectivity index (χ1v) is 17.8. The minimum Gasteiger partial charge on any atom is -0.394 e. The maximum Gasteiger partial charge on any atom is 0.187 e. The van der Waals surface area contributed by atoms with Crippen molar-refractivity contribution < 1.29 is 87.5 Å². The molecule has 6 N–H and O–H groups in total. The summed E-state index contributed by atoms with van der Waals surface area (Å²) in [6, 6.07) is 0. The number of hydrogen-bond acceptors (Lipinski definition) is 18. The zero-order valence-electron chi connectivity index (χ0n) is 30.2. The van der Waals surface area contributed by atoms with Crippen molar-refractivity contribution in [2.75, 3.05) is 27.9 Å². The van der Waals surface area contributed by atoms with Crippen LogP contribution in [0.25, 0.3) is 0 Å². The van der Waals surface area contributed by atoms with Gasteiger partial charge in [0.1, 0.15) is 48.8 Å². The van der Waals surface area contributed by atoms with Crippen LogP contribution in [0.2, 0.25) is 0 Å². The SMILES string of the molecule is CO[C@H]1C[C@H](O[C@@H]2[C@@H](C)O[C@@H](O[C@H]3[C@@H](O)C[C@H](O)O[C@@H]3C)C[C@H]2OC)O[C@H](C)[C@H]1O[C@H]1C[C@H](OC)[C@H](O[C@@H]2O[C@H](CO)[C@@H](O)[C@H](O)[C@H]2O)[C@@H](C)O1. The Balaban J connectivity index is 1.15. The van der Waals surface area contributed by atoms with E-state index in [1.54, 1.807) is 28.1 Å². The number of methoxy groups -OCH3 is 3. The Morgan fingerprint density at radius 3 is 1.31 bits per heavy atom. The number of aliphatic hydroxyl groups is 6. The van der Waals surface area contributed by atoms with Crippen molar-refractivity contribution in [1.29, 1.82) is 0 Å². The van der Waals surface area contributed by atoms with Crippen molar-refractivity contribution in [1.82, 2.24) is 0 Å². The van der Waals surface area contributed by atoms with Crippen molar-refractivity contribution in [3.63, 3.8) is 0 Å². The highest BCUT2D eigenvalue weighted by Gasteiger charge is 2.50. The molecule has 5 aliphatic heterocycles. The molecule has 0 spiro atoms. The van der Waals surface area contributed by atoms with Crippen LogP contribution in [0, 0.1) is 0 Å². The molecule has 0 aromatic heterocycles. The Hall–Kier alpha value is -0.720. The van der Waals surface area contributed by atoms with Crippen molar-refractivity contribution in [2.24, 2.45) is 0 Å². The Labute approximate surface area is 298 Å². The molecule has 0 aromatic rings. The zero-order chi connectivity index (χ0) is 37.1. The van der Waals surface area contributed by atoms with Gasteiger partial charge in [0.25, 0.3) is 0 Å². The summed E-state index contributed by atoms with van der Waals surface area (Å²) in [5.74, 6) is 0. The van der Waals surface area contributed by atoms with Gasteiger partial charge in [-0.1, -0.05) is 0 Å². The van der Waals surface area contributed by atoms with Crippen LogP contribution in [-0.2, 0) is 56.8 Å². The van der Waals surface area contributed by atoms with Crippen molar-refractivity contribution >= 4 is 0 Å². The average molecular weight is 743 g/mol. The molecule has 0 saturated carbocycles. The highest BCUT2D eigenvalue weighted by Crippen LogP contribution is 2.36. The summed E-state index contributed by atoms with van der Waals surface area (Å²) >= 11 is 0. The standard InChI is InChI=1S/C33H58O18/c1-13-29(17(35)8-22(36)43-13)48-23-9-18(40-5)30(14(2)44-23)49-24-10-19(41-6)31(15(3)45-24)50-25-11-20(42-7)32(16(4)46-25)51-33-28(39)27(38)26(37)21(12-34)47-33/h13-39H,8-12H2,1-7H3/t13-,14-,15-,16-,17+,18-,19+,20+,21-,22-,23+,24+,25+,26-,27+,28-,29-,30-,31-,32-,33+/m1/s1. The first-order chi connectivity index (χ1) is 24.3. The molecule has 21 atom stereocenters. The predicted molar refractivity (Wildman–Crippen MR) is 170 cm³/mol. The summed E-state index contributed by atoms with van der Waals surface area (Å²) in [7, 11) is 4.67. The van der Waals surface area contributed by atoms with Crippen LogP contribution < -0.4 is 0 Å². The van der Waals surface area contributed by atoms with E-state index in [1.165, 1.54) is 7.11 Å². The Bertz CT molecular complexity index is 1050. The van der Waals surface area contributed by atoms with Gasteiger partial charge in [-0.05, 0) is 27.7 Å². The number of hydrogen-bond donors (Lipinski definition) is 6. The van der Waals surface area contributed by atoms with E-state index in [4.69, 9.17) is 56.8 Å². The van der Waals surface area contributed by atoms with Gasteiger partial charge in [0.2, 0.25) is 0 Å². The topological polar surface area (TPSA) is 232 Å². The smallest absolute Gasteiger partial charge is 0.187 e. The van der Waals surface area contributed by atoms with Gasteiger partial charge in [-0.15, -0.1) is 0 Å². The normalized spacial score (nSPS) is 51.4. The van der Waals surface area contributed by atoms with E-state index in [1.807, 2.05) is 13.8 Å². The molecule has 18 heteroatoms. The van der Waals surface area contributed by atoms with Gasteiger partial charge in [0.15, 0.2) is 31.5 Å². The van der Waals surface area contributed by atoms with Gasteiger partial charge >= 0.3 is 0 Å². The van der Waals surface area contributed by atoms with Crippen molar-refractivity contribution in [3.05, 3.63) is 0 Å². The first kappa shape index (κ1) is 41.4. The largest absolute Gasteiger partial charge is 0.394 e. The Morgan fingerprint density at radius 1 is 0.490 bits per heavy atom. The highest BCUT2D eigenvalue weighted by atomic mass is 16.8. The van der Waals surface area contributed by atoms with Crippen LogP contribution >= 0.6 is 0 Å². The predicted octanol–water partition coefficient (Wildman–Crippen LogP) is -1.74. The number of rotatable bonds is 12. The van der Waals surface area contributed by atoms with Crippen LogP contribution in [0.15, 0.2) is 0 Å². The molecule has 18 nitrogen and oxygen atoms in total. The lowest BCUT2D eigenvalue weighted by Crippen LogP contribution is -2.62. The molecule has 5 rings (SSSR count). The second-order valence-electron chi connectivity index (χ2n) is 14.0. The van der Waals surface area contributed by atoms with E-state index in [9.17, 15) is 30.6 Å². The molecule has 0 unspecified atom stereocenters. The Kier molecular flexibility index (Phi) is 14.9. The summed E-state index contributed by atoms with van der Waals surface area (Å²) in [4.78, 5) is 0. The maximum atomic E-state index is 10.5. The van der Waals surface area contributed by atoms with Gasteiger partial charge in [0, 0.05) is 47.0 Å². The van der Waals surface area contributed by atoms with Gasteiger partial charge in [-0.25, -0.2) is 0 Å². The van der Waals surface area contributed by atoms with Crippen LogP contribution in [0.1, 0.15) is 53.4 Å². The quantitative estimate of drug-likeness (QED) is 0.130. The Morgan fingerprint density at radius 2 is 0.902 bits per heavy atom. The minimum atomic E-state index is -1.58. The molecule has 5 fully saturated rings. The fraction of sp³-hybridized carbons (Fsp3) is 1.00. The summed E-state index contributed by atoms with van der Waals surface area (Å²) in [6.45, 7) is 6.60. The molecule has 51 heavy (non-hydrogen) atoms. The summed E-state index contributed by atoms with van der Waals surface area (Å²) < 4.78 is 71.9. The van der Waals surface area contributed by atoms with Crippen LogP contribution in [0.4, 0.5) is 0 Å². The third-order valence-corrected chi connectivity index (χ3v) is 10.5. The molecule has 0 aromatic carbocycles. The van der Waals surface area contributed by atoms with Crippen LogP contribution in [-0.4, -0.2) is 188 Å². The van der Waals surface area contributed by atoms with E-state index in [0.29, 0.717) is 12.8 Å². The van der Waals surface area contributed by atoms with Crippen molar-refractivity contribution in [2.45, 2.75) is 182 Å². The molecular weight excluding hydrogens is 684 g/mol. The fourth-order valence-electron chi connectivity index (χ4n) is 7.64. The molecule has 0 aliphatic carbocycles. The maximum absolute atomic E-state index is 10.5. The molecule has 5 saturated heterocycles. The van der Waals surface area contributed by atoms with Crippen LogP contribution in [0.3, 0.4) is 0 Å². The fourth-order valence-corrected chi connectivity index (χ4v) is 7.64. The molecule has 298 valence electrons. The molecular formula is C33H58O18. The van der Waals surface area contributed by atoms with E-state index in [2.05, 4.69) is 0 Å². The van der Waals surface area contributed by atoms with E-state index in [-0.39, 0.29) is 12.8 Å². The lowest BCUT2D eigenvalue weighted by Gasteiger charge is -2.47. The third-order valence-electron chi connectivity index (χ3n) is 10.5. The monoisotopic (exact) mass is 742 g/mol. The summed E-state index contributed by atoms with van der Waals surface area (Å²) in [6.07, 6.45) is -16.3. The molecule has 0 amide bonds. The van der Waals surface area contributed by atoms with E-state index >= 15 is 0 Å². The molecule has 0 radical (unpaired) electrons. The van der Waals surface area contributed by atoms with Gasteiger partial charge in [0.05, 0.1) is 55.4 Å². The zero-order valence-corrected chi connectivity index (χ0v) is 30.2. The van der Waals surface area contributed by atoms with Gasteiger partial charge < -0.3 is 87.5 Å². The van der Waals surface area contributed by atoms with Crippen molar-refractivity contribution in [3.8, 4) is 0 Å². The third kappa shape index (κ3) is 9.57. The summed E-state index contributed by atoms with van der Waals surface area (Å²) in [5.41, 5.74) is 0. The van der Waals surface area contributed by atoms with Gasteiger partial charge in [-0.2, -0.15) is 0 Å².